The van der Waals surface area contributed by atoms with Crippen molar-refractivity contribution < 1.29 is 19.5 Å². The number of nitrogens with zero attached hydrogens (tertiary/aromatic N) is 2. The molecule has 0 saturated carbocycles. The summed E-state index contributed by atoms with van der Waals surface area (Å²) in [7, 11) is 1.78. The van der Waals surface area contributed by atoms with Crippen molar-refractivity contribution in [3.8, 4) is 0 Å². The van der Waals surface area contributed by atoms with Crippen LogP contribution in [0.15, 0.2) is 54.6 Å². The number of hydrogen-bond acceptors (Lipinski definition) is 4. The molecule has 6 nitrogen and oxygen atoms in total. The van der Waals surface area contributed by atoms with Crippen molar-refractivity contribution in [1.82, 2.24) is 0 Å². The Bertz CT molecular complexity index is 786. The Morgan fingerprint density at radius 3 is 2.29 bits per heavy atom. The van der Waals surface area contributed by atoms with E-state index in [4.69, 9.17) is 5.11 Å². The van der Waals surface area contributed by atoms with Gasteiger partial charge in [-0.25, -0.2) is 9.69 Å². The van der Waals surface area contributed by atoms with E-state index in [2.05, 4.69) is 0 Å². The van der Waals surface area contributed by atoms with Crippen LogP contribution >= 0.6 is 0 Å². The normalized spacial score (nSPS) is 17.2. The van der Waals surface area contributed by atoms with E-state index in [1.165, 1.54) is 24.3 Å². The van der Waals surface area contributed by atoms with E-state index in [1.54, 1.807) is 11.9 Å². The zero-order chi connectivity index (χ0) is 17.3. The second-order valence-electron chi connectivity index (χ2n) is 5.59. The van der Waals surface area contributed by atoms with Gasteiger partial charge in [-0.05, 0) is 36.4 Å². The number of likely N-dealkylation sites (N-methyl/N-ethyl adjacent to an activating group) is 1. The highest BCUT2D eigenvalue weighted by molar-refractivity contribution is 6.23. The van der Waals surface area contributed by atoms with Crippen molar-refractivity contribution in [1.29, 1.82) is 0 Å². The predicted molar refractivity (Wildman–Crippen MR) is 89.1 cm³/mol. The lowest BCUT2D eigenvalue weighted by molar-refractivity contribution is -0.121. The van der Waals surface area contributed by atoms with E-state index in [0.717, 1.165) is 10.6 Å². The highest BCUT2D eigenvalue weighted by Gasteiger charge is 2.41. The predicted octanol–water partition coefficient (Wildman–Crippen LogP) is 2.15. The van der Waals surface area contributed by atoms with Crippen LogP contribution < -0.4 is 9.80 Å². The first kappa shape index (κ1) is 15.7. The molecular formula is C18H16N2O4. The number of aromatic carboxylic acids is 1. The lowest BCUT2D eigenvalue weighted by Gasteiger charge is -2.25. The highest BCUT2D eigenvalue weighted by Crippen LogP contribution is 2.28. The molecule has 24 heavy (non-hydrogen) atoms. The van der Waals surface area contributed by atoms with E-state index in [0.29, 0.717) is 5.69 Å². The molecule has 1 atom stereocenters. The van der Waals surface area contributed by atoms with E-state index in [1.807, 2.05) is 30.3 Å². The third kappa shape index (κ3) is 2.74. The molecule has 1 N–H and O–H groups in total. The average Bonchev–Trinajstić information content (AvgIpc) is 2.89. The third-order valence-electron chi connectivity index (χ3n) is 4.13. The lowest BCUT2D eigenvalue weighted by Crippen LogP contribution is -2.40. The van der Waals surface area contributed by atoms with E-state index < -0.39 is 12.0 Å². The van der Waals surface area contributed by atoms with Crippen LogP contribution in [0.3, 0.4) is 0 Å². The van der Waals surface area contributed by atoms with E-state index in [9.17, 15) is 14.4 Å². The number of para-hydroxylation sites is 1. The van der Waals surface area contributed by atoms with Gasteiger partial charge in [0.1, 0.15) is 6.04 Å². The van der Waals surface area contributed by atoms with Crippen LogP contribution in [0, 0.1) is 0 Å². The minimum Gasteiger partial charge on any atom is -0.478 e. The maximum atomic E-state index is 12.7. The van der Waals surface area contributed by atoms with Gasteiger partial charge in [0.05, 0.1) is 17.7 Å². The Hall–Kier alpha value is -3.15. The van der Waals surface area contributed by atoms with Crippen molar-refractivity contribution >= 4 is 29.2 Å². The maximum Gasteiger partial charge on any atom is 0.335 e. The van der Waals surface area contributed by atoms with Gasteiger partial charge < -0.3 is 10.0 Å². The summed E-state index contributed by atoms with van der Waals surface area (Å²) >= 11 is 0. The SMILES string of the molecule is CN(c1ccccc1)C1CC(=O)N(c2ccc(C(=O)O)cc2)C1=O. The van der Waals surface area contributed by atoms with E-state index in [-0.39, 0.29) is 23.8 Å². The Labute approximate surface area is 138 Å². The largest absolute Gasteiger partial charge is 0.478 e. The van der Waals surface area contributed by atoms with Crippen molar-refractivity contribution in [2.75, 3.05) is 16.8 Å². The van der Waals surface area contributed by atoms with Crippen LogP contribution in [0.25, 0.3) is 0 Å². The Kier molecular flexibility index (Phi) is 4.04. The number of amides is 2. The standard InChI is InChI=1S/C18H16N2O4/c1-19(13-5-3-2-4-6-13)15-11-16(21)20(17(15)22)14-9-7-12(8-10-14)18(23)24/h2-10,15H,11H2,1H3,(H,23,24). The summed E-state index contributed by atoms with van der Waals surface area (Å²) in [4.78, 5) is 38.8. The van der Waals surface area contributed by atoms with E-state index >= 15 is 0 Å². The van der Waals surface area contributed by atoms with Crippen LogP contribution in [0.2, 0.25) is 0 Å². The summed E-state index contributed by atoms with van der Waals surface area (Å²) in [5.74, 6) is -1.66. The first-order valence-corrected chi connectivity index (χ1v) is 7.47. The molecular weight excluding hydrogens is 308 g/mol. The average molecular weight is 324 g/mol. The number of benzene rings is 2. The fourth-order valence-electron chi connectivity index (χ4n) is 2.79. The van der Waals surface area contributed by atoms with Crippen LogP contribution in [0.5, 0.6) is 0 Å². The lowest BCUT2D eigenvalue weighted by atomic mass is 10.2. The molecule has 1 unspecified atom stereocenters. The monoisotopic (exact) mass is 324 g/mol. The summed E-state index contributed by atoms with van der Waals surface area (Å²) in [6, 6.07) is 14.5. The number of rotatable bonds is 4. The van der Waals surface area contributed by atoms with Crippen molar-refractivity contribution in [3.63, 3.8) is 0 Å². The first-order valence-electron chi connectivity index (χ1n) is 7.47. The quantitative estimate of drug-likeness (QED) is 0.872. The number of anilines is 2. The molecule has 2 amide bonds. The van der Waals surface area contributed by atoms with Gasteiger partial charge in [0.25, 0.3) is 5.91 Å². The second-order valence-corrected chi connectivity index (χ2v) is 5.59. The molecule has 1 aliphatic heterocycles. The molecule has 122 valence electrons. The summed E-state index contributed by atoms with van der Waals surface area (Å²) in [6.07, 6.45) is 0.0882. The molecule has 1 fully saturated rings. The molecule has 6 heteroatoms. The molecule has 0 aliphatic carbocycles. The summed E-state index contributed by atoms with van der Waals surface area (Å²) in [6.45, 7) is 0. The summed E-state index contributed by atoms with van der Waals surface area (Å²) in [5.41, 5.74) is 1.35. The van der Waals surface area contributed by atoms with Crippen LogP contribution in [-0.2, 0) is 9.59 Å². The van der Waals surface area contributed by atoms with Crippen molar-refractivity contribution in [3.05, 3.63) is 60.2 Å². The molecule has 2 aromatic carbocycles. The molecule has 1 saturated heterocycles. The fourth-order valence-corrected chi connectivity index (χ4v) is 2.79. The summed E-state index contributed by atoms with van der Waals surface area (Å²) in [5, 5.41) is 8.93. The molecule has 0 aromatic heterocycles. The zero-order valence-electron chi connectivity index (χ0n) is 13.0. The Morgan fingerprint density at radius 2 is 1.71 bits per heavy atom. The number of carboxylic acid groups (broad SMARTS) is 1. The Morgan fingerprint density at radius 1 is 1.08 bits per heavy atom. The van der Waals surface area contributed by atoms with Crippen LogP contribution in [0.1, 0.15) is 16.8 Å². The Balaban J connectivity index is 1.85. The third-order valence-corrected chi connectivity index (χ3v) is 4.13. The molecule has 2 aromatic rings. The van der Waals surface area contributed by atoms with Gasteiger partial charge in [-0.2, -0.15) is 0 Å². The van der Waals surface area contributed by atoms with Gasteiger partial charge in [-0.3, -0.25) is 9.59 Å². The second kappa shape index (κ2) is 6.16. The molecule has 0 radical (unpaired) electrons. The minimum atomic E-state index is -1.05. The van der Waals surface area contributed by atoms with Crippen LogP contribution in [-0.4, -0.2) is 36.0 Å². The van der Waals surface area contributed by atoms with Crippen molar-refractivity contribution in [2.24, 2.45) is 0 Å². The maximum absolute atomic E-state index is 12.7. The van der Waals surface area contributed by atoms with Gasteiger partial charge in [0, 0.05) is 12.7 Å². The number of carbonyl (C=O) groups is 3. The van der Waals surface area contributed by atoms with Gasteiger partial charge >= 0.3 is 5.97 Å². The number of hydrogen-bond donors (Lipinski definition) is 1. The number of carbonyl (C=O) groups excluding carboxylic acids is 2. The molecule has 3 rings (SSSR count). The fraction of sp³-hybridized carbons (Fsp3) is 0.167. The molecule has 1 heterocycles. The highest BCUT2D eigenvalue weighted by atomic mass is 16.4. The number of carboxylic acids is 1. The molecule has 1 aliphatic rings. The summed E-state index contributed by atoms with van der Waals surface area (Å²) < 4.78 is 0. The van der Waals surface area contributed by atoms with Gasteiger partial charge in [0.15, 0.2) is 0 Å². The van der Waals surface area contributed by atoms with Gasteiger partial charge in [-0.15, -0.1) is 0 Å². The molecule has 0 bridgehead atoms. The van der Waals surface area contributed by atoms with Gasteiger partial charge in [0.2, 0.25) is 5.91 Å². The topological polar surface area (TPSA) is 77.9 Å². The van der Waals surface area contributed by atoms with Crippen molar-refractivity contribution in [2.45, 2.75) is 12.5 Å². The number of imide groups is 1. The van der Waals surface area contributed by atoms with Gasteiger partial charge in [-0.1, -0.05) is 18.2 Å². The van der Waals surface area contributed by atoms with Crippen LogP contribution in [0.4, 0.5) is 11.4 Å². The smallest absolute Gasteiger partial charge is 0.335 e. The zero-order valence-corrected chi connectivity index (χ0v) is 13.0. The molecule has 0 spiro atoms. The first-order chi connectivity index (χ1) is 11.5. The minimum absolute atomic E-state index is 0.0882.